The van der Waals surface area contributed by atoms with Crippen molar-refractivity contribution in [2.24, 2.45) is 0 Å². The van der Waals surface area contributed by atoms with Crippen molar-refractivity contribution in [1.29, 1.82) is 0 Å². The molecule has 5 heteroatoms. The zero-order valence-electron chi connectivity index (χ0n) is 5.84. The Labute approximate surface area is 61.6 Å². The average Bonchev–Trinajstić information content (AvgIpc) is 2.36. The minimum absolute atomic E-state index is 0.299. The zero-order valence-corrected chi connectivity index (χ0v) is 5.84. The van der Waals surface area contributed by atoms with Gasteiger partial charge in [-0.1, -0.05) is 5.16 Å². The maximum Gasteiger partial charge on any atom is 0.315 e. The second-order valence-corrected chi connectivity index (χ2v) is 2.19. The van der Waals surface area contributed by atoms with Crippen molar-refractivity contribution in [3.05, 3.63) is 17.5 Å². The number of aryl methyl sites for hydroxylation is 1. The second-order valence-electron chi connectivity index (χ2n) is 2.19. The van der Waals surface area contributed by atoms with E-state index in [-0.39, 0.29) is 0 Å². The maximum atomic E-state index is 12.5. The summed E-state index contributed by atoms with van der Waals surface area (Å²) in [5.41, 5.74) is -0.530. The molecule has 1 N–H and O–H groups in total. The molecule has 62 valence electrons. The fraction of sp³-hybridized carbons (Fsp3) is 0.500. The Hall–Kier alpha value is -0.970. The summed E-state index contributed by atoms with van der Waals surface area (Å²) in [6, 6.07) is 1.09. The number of hydrogen-bond acceptors (Lipinski definition) is 3. The molecular formula is C6H7F2NO2. The molecule has 0 saturated carbocycles. The third kappa shape index (κ3) is 1.54. The summed E-state index contributed by atoms with van der Waals surface area (Å²) in [6.07, 6.45) is 0. The molecule has 1 rings (SSSR count). The van der Waals surface area contributed by atoms with Crippen LogP contribution in [-0.2, 0) is 5.92 Å². The highest BCUT2D eigenvalue weighted by Crippen LogP contribution is 2.25. The van der Waals surface area contributed by atoms with Gasteiger partial charge >= 0.3 is 5.92 Å². The summed E-state index contributed by atoms with van der Waals surface area (Å²) in [5.74, 6) is -2.99. The molecule has 0 radical (unpaired) electrons. The molecule has 11 heavy (non-hydrogen) atoms. The Morgan fingerprint density at radius 3 is 2.73 bits per heavy atom. The number of aromatic nitrogens is 1. The van der Waals surface area contributed by atoms with Crippen LogP contribution in [0.1, 0.15) is 11.5 Å². The molecule has 3 nitrogen and oxygen atoms in total. The fourth-order valence-electron chi connectivity index (χ4n) is 0.620. The van der Waals surface area contributed by atoms with Crippen molar-refractivity contribution in [1.82, 2.24) is 5.16 Å². The first kappa shape index (κ1) is 8.13. The van der Waals surface area contributed by atoms with Crippen LogP contribution in [0.25, 0.3) is 0 Å². The molecule has 0 atom stereocenters. The molecule has 0 unspecified atom stereocenters. The number of nitrogens with zero attached hydrogens (tertiary/aromatic N) is 1. The average molecular weight is 163 g/mol. The summed E-state index contributed by atoms with van der Waals surface area (Å²) >= 11 is 0. The molecule has 0 spiro atoms. The quantitative estimate of drug-likeness (QED) is 0.709. The Bertz CT molecular complexity index is 246. The molecule has 0 fully saturated rings. The van der Waals surface area contributed by atoms with Crippen LogP contribution in [0.15, 0.2) is 10.6 Å². The van der Waals surface area contributed by atoms with E-state index in [4.69, 9.17) is 5.11 Å². The lowest BCUT2D eigenvalue weighted by atomic mass is 10.2. The number of alkyl halides is 2. The summed E-state index contributed by atoms with van der Waals surface area (Å²) in [7, 11) is 0. The van der Waals surface area contributed by atoms with E-state index >= 15 is 0 Å². The predicted molar refractivity (Wildman–Crippen MR) is 32.2 cm³/mol. The van der Waals surface area contributed by atoms with E-state index in [0.29, 0.717) is 5.76 Å². The molecule has 0 aromatic carbocycles. The van der Waals surface area contributed by atoms with E-state index in [1.54, 1.807) is 0 Å². The highest BCUT2D eigenvalue weighted by molar-refractivity contribution is 5.09. The van der Waals surface area contributed by atoms with Crippen molar-refractivity contribution in [2.75, 3.05) is 6.61 Å². The molecule has 0 saturated heterocycles. The number of halogens is 2. The Morgan fingerprint density at radius 2 is 2.36 bits per heavy atom. The first-order valence-corrected chi connectivity index (χ1v) is 2.99. The Balaban J connectivity index is 2.92. The van der Waals surface area contributed by atoms with Crippen LogP contribution in [0.5, 0.6) is 0 Å². The molecule has 0 amide bonds. The molecule has 1 aromatic rings. The van der Waals surface area contributed by atoms with Gasteiger partial charge in [0, 0.05) is 6.07 Å². The third-order valence-corrected chi connectivity index (χ3v) is 1.20. The predicted octanol–water partition coefficient (Wildman–Crippen LogP) is 1.07. The number of rotatable bonds is 2. The monoisotopic (exact) mass is 163 g/mol. The van der Waals surface area contributed by atoms with Crippen LogP contribution in [0.3, 0.4) is 0 Å². The molecule has 0 bridgehead atoms. The fourth-order valence-corrected chi connectivity index (χ4v) is 0.620. The number of aliphatic hydroxyl groups excluding tert-OH is 1. The summed E-state index contributed by atoms with van der Waals surface area (Å²) in [4.78, 5) is 0. The van der Waals surface area contributed by atoms with Gasteiger partial charge in [0.2, 0.25) is 0 Å². The molecule has 0 aliphatic carbocycles. The Kier molecular flexibility index (Phi) is 1.90. The lowest BCUT2D eigenvalue weighted by Crippen LogP contribution is -2.18. The molecule has 1 heterocycles. The smallest absolute Gasteiger partial charge is 0.315 e. The highest BCUT2D eigenvalue weighted by atomic mass is 19.3. The summed E-state index contributed by atoms with van der Waals surface area (Å²) < 4.78 is 29.5. The van der Waals surface area contributed by atoms with Gasteiger partial charge in [0.05, 0.1) is 0 Å². The van der Waals surface area contributed by atoms with E-state index in [2.05, 4.69) is 9.68 Å². The van der Waals surface area contributed by atoms with E-state index < -0.39 is 18.2 Å². The summed E-state index contributed by atoms with van der Waals surface area (Å²) in [5, 5.41) is 11.3. The number of hydrogen-bond donors (Lipinski definition) is 1. The van der Waals surface area contributed by atoms with Gasteiger partial charge in [-0.05, 0) is 6.92 Å². The number of aliphatic hydroxyl groups is 1. The third-order valence-electron chi connectivity index (χ3n) is 1.20. The van der Waals surface area contributed by atoms with Crippen LogP contribution in [0.2, 0.25) is 0 Å². The van der Waals surface area contributed by atoms with Gasteiger partial charge in [-0.3, -0.25) is 0 Å². The van der Waals surface area contributed by atoms with Crippen molar-refractivity contribution >= 4 is 0 Å². The van der Waals surface area contributed by atoms with Crippen LogP contribution in [-0.4, -0.2) is 16.9 Å². The van der Waals surface area contributed by atoms with Crippen LogP contribution >= 0.6 is 0 Å². The highest BCUT2D eigenvalue weighted by Gasteiger charge is 2.34. The molecule has 1 aromatic heterocycles. The Morgan fingerprint density at radius 1 is 1.73 bits per heavy atom. The normalized spacial score (nSPS) is 12.0. The standard InChI is InChI=1S/C6H7F2NO2/c1-4-2-5(9-11-4)6(7,8)3-10/h2,10H,3H2,1H3. The van der Waals surface area contributed by atoms with Gasteiger partial charge < -0.3 is 9.63 Å². The SMILES string of the molecule is Cc1cc(C(F)(F)CO)no1. The minimum atomic E-state index is -3.29. The molecule has 0 aliphatic heterocycles. The van der Waals surface area contributed by atoms with E-state index in [9.17, 15) is 8.78 Å². The van der Waals surface area contributed by atoms with Gasteiger partial charge in [0.15, 0.2) is 5.69 Å². The molecule has 0 aliphatic rings. The van der Waals surface area contributed by atoms with Crippen molar-refractivity contribution in [2.45, 2.75) is 12.8 Å². The topological polar surface area (TPSA) is 46.3 Å². The van der Waals surface area contributed by atoms with Crippen molar-refractivity contribution in [3.63, 3.8) is 0 Å². The first-order chi connectivity index (χ1) is 5.06. The van der Waals surface area contributed by atoms with Crippen molar-refractivity contribution in [3.8, 4) is 0 Å². The van der Waals surface area contributed by atoms with Gasteiger partial charge in [-0.2, -0.15) is 8.78 Å². The lowest BCUT2D eigenvalue weighted by molar-refractivity contribution is -0.0611. The zero-order chi connectivity index (χ0) is 8.48. The van der Waals surface area contributed by atoms with Crippen LogP contribution < -0.4 is 0 Å². The molecular weight excluding hydrogens is 156 g/mol. The lowest BCUT2D eigenvalue weighted by Gasteiger charge is -2.07. The van der Waals surface area contributed by atoms with Gasteiger partial charge in [0.1, 0.15) is 12.4 Å². The van der Waals surface area contributed by atoms with Crippen LogP contribution in [0, 0.1) is 6.92 Å². The minimum Gasteiger partial charge on any atom is -0.390 e. The second kappa shape index (κ2) is 2.58. The summed E-state index contributed by atoms with van der Waals surface area (Å²) in [6.45, 7) is 0.253. The van der Waals surface area contributed by atoms with Gasteiger partial charge in [-0.25, -0.2) is 0 Å². The maximum absolute atomic E-state index is 12.5. The van der Waals surface area contributed by atoms with Gasteiger partial charge in [-0.15, -0.1) is 0 Å². The van der Waals surface area contributed by atoms with Crippen molar-refractivity contribution < 1.29 is 18.4 Å². The van der Waals surface area contributed by atoms with Crippen LogP contribution in [0.4, 0.5) is 8.78 Å². The van der Waals surface area contributed by atoms with E-state index in [1.165, 1.54) is 6.92 Å². The van der Waals surface area contributed by atoms with E-state index in [1.807, 2.05) is 0 Å². The first-order valence-electron chi connectivity index (χ1n) is 2.99. The van der Waals surface area contributed by atoms with E-state index in [0.717, 1.165) is 6.07 Å². The van der Waals surface area contributed by atoms with Gasteiger partial charge in [0.25, 0.3) is 0 Å². The largest absolute Gasteiger partial charge is 0.390 e.